The van der Waals surface area contributed by atoms with Crippen LogP contribution in [0, 0.1) is 12.7 Å². The number of imide groups is 1. The summed E-state index contributed by atoms with van der Waals surface area (Å²) in [6, 6.07) is 7.54. The van der Waals surface area contributed by atoms with Gasteiger partial charge in [0.15, 0.2) is 0 Å². The maximum Gasteiger partial charge on any atom is 0.293 e. The van der Waals surface area contributed by atoms with E-state index in [0.29, 0.717) is 11.3 Å². The molecule has 2 heterocycles. The highest BCUT2D eigenvalue weighted by Crippen LogP contribution is 2.32. The Kier molecular flexibility index (Phi) is 5.22. The summed E-state index contributed by atoms with van der Waals surface area (Å²) < 4.78 is 18.8. The Bertz CT molecular complexity index is 906. The number of aryl methyl sites for hydroxylation is 1. The molecule has 0 saturated carbocycles. The molecule has 0 radical (unpaired) electrons. The van der Waals surface area contributed by atoms with Crippen LogP contribution in [0.25, 0.3) is 6.08 Å². The number of carbonyl (C=O) groups is 3. The van der Waals surface area contributed by atoms with Gasteiger partial charge in [-0.25, -0.2) is 4.39 Å². The van der Waals surface area contributed by atoms with Crippen molar-refractivity contribution in [2.75, 3.05) is 13.1 Å². The standard InChI is InChI=1S/C18H15FN2O4S/c1-11-13(6-9-25-11)16(22)20-7-8-21-17(23)15(26-18(21)24)10-12-4-2-3-5-14(12)19/h2-6,9-10H,7-8H2,1H3,(H,20,22)/b15-10-. The Labute approximate surface area is 153 Å². The molecule has 6 nitrogen and oxygen atoms in total. The first-order chi connectivity index (χ1) is 12.5. The molecule has 0 atom stereocenters. The Morgan fingerprint density at radius 2 is 2.08 bits per heavy atom. The van der Waals surface area contributed by atoms with E-state index in [1.54, 1.807) is 25.1 Å². The molecular weight excluding hydrogens is 359 g/mol. The zero-order valence-corrected chi connectivity index (χ0v) is 14.6. The van der Waals surface area contributed by atoms with E-state index in [2.05, 4.69) is 5.32 Å². The van der Waals surface area contributed by atoms with Crippen molar-refractivity contribution < 1.29 is 23.2 Å². The Morgan fingerprint density at radius 3 is 2.77 bits per heavy atom. The lowest BCUT2D eigenvalue weighted by Crippen LogP contribution is -2.37. The quantitative estimate of drug-likeness (QED) is 0.813. The molecule has 26 heavy (non-hydrogen) atoms. The van der Waals surface area contributed by atoms with Crippen LogP contribution in [0.15, 0.2) is 45.9 Å². The number of hydrogen-bond donors (Lipinski definition) is 1. The van der Waals surface area contributed by atoms with Crippen LogP contribution >= 0.6 is 11.8 Å². The smallest absolute Gasteiger partial charge is 0.293 e. The van der Waals surface area contributed by atoms with Crippen LogP contribution in [0.3, 0.4) is 0 Å². The number of thioether (sulfide) groups is 1. The van der Waals surface area contributed by atoms with E-state index in [0.717, 1.165) is 16.7 Å². The molecule has 3 amide bonds. The zero-order chi connectivity index (χ0) is 18.7. The zero-order valence-electron chi connectivity index (χ0n) is 13.8. The van der Waals surface area contributed by atoms with Gasteiger partial charge in [-0.15, -0.1) is 0 Å². The van der Waals surface area contributed by atoms with E-state index in [9.17, 15) is 18.8 Å². The molecule has 1 aliphatic heterocycles. The second-order valence-corrected chi connectivity index (χ2v) is 6.49. The van der Waals surface area contributed by atoms with Gasteiger partial charge in [0.2, 0.25) is 0 Å². The fourth-order valence-corrected chi connectivity index (χ4v) is 3.28. The van der Waals surface area contributed by atoms with E-state index in [-0.39, 0.29) is 29.5 Å². The van der Waals surface area contributed by atoms with Gasteiger partial charge in [-0.05, 0) is 36.9 Å². The fraction of sp³-hybridized carbons (Fsp3) is 0.167. The van der Waals surface area contributed by atoms with E-state index in [1.807, 2.05) is 0 Å². The molecule has 0 bridgehead atoms. The van der Waals surface area contributed by atoms with Gasteiger partial charge in [-0.3, -0.25) is 19.3 Å². The lowest BCUT2D eigenvalue weighted by atomic mass is 10.2. The van der Waals surface area contributed by atoms with Crippen molar-refractivity contribution in [1.29, 1.82) is 0 Å². The highest BCUT2D eigenvalue weighted by atomic mass is 32.2. The number of nitrogens with one attached hydrogen (secondary N) is 1. The molecule has 3 rings (SSSR count). The summed E-state index contributed by atoms with van der Waals surface area (Å²) in [5.74, 6) is -0.828. The number of amides is 3. The third-order valence-electron chi connectivity index (χ3n) is 3.79. The first kappa shape index (κ1) is 17.9. The van der Waals surface area contributed by atoms with Crippen LogP contribution < -0.4 is 5.32 Å². The van der Waals surface area contributed by atoms with Crippen molar-refractivity contribution in [2.45, 2.75) is 6.92 Å². The van der Waals surface area contributed by atoms with Gasteiger partial charge in [0, 0.05) is 18.7 Å². The predicted molar refractivity (Wildman–Crippen MR) is 94.9 cm³/mol. The normalized spacial score (nSPS) is 15.8. The van der Waals surface area contributed by atoms with E-state index >= 15 is 0 Å². The van der Waals surface area contributed by atoms with Crippen LogP contribution in [0.1, 0.15) is 21.7 Å². The Morgan fingerprint density at radius 1 is 1.31 bits per heavy atom. The molecule has 1 aromatic heterocycles. The maximum absolute atomic E-state index is 13.7. The summed E-state index contributed by atoms with van der Waals surface area (Å²) in [5.41, 5.74) is 0.639. The van der Waals surface area contributed by atoms with Crippen molar-refractivity contribution in [3.8, 4) is 0 Å². The number of furan rings is 1. The fourth-order valence-electron chi connectivity index (χ4n) is 2.42. The van der Waals surface area contributed by atoms with Crippen LogP contribution in [0.5, 0.6) is 0 Å². The third-order valence-corrected chi connectivity index (χ3v) is 4.70. The molecule has 8 heteroatoms. The average Bonchev–Trinajstić information content (AvgIpc) is 3.15. The van der Waals surface area contributed by atoms with Crippen LogP contribution in [-0.4, -0.2) is 35.0 Å². The van der Waals surface area contributed by atoms with Crippen molar-refractivity contribution in [2.24, 2.45) is 0 Å². The van der Waals surface area contributed by atoms with E-state index in [4.69, 9.17) is 4.42 Å². The first-order valence-electron chi connectivity index (χ1n) is 7.79. The van der Waals surface area contributed by atoms with E-state index in [1.165, 1.54) is 24.5 Å². The summed E-state index contributed by atoms with van der Waals surface area (Å²) in [7, 11) is 0. The minimum Gasteiger partial charge on any atom is -0.469 e. The van der Waals surface area contributed by atoms with Gasteiger partial charge >= 0.3 is 0 Å². The van der Waals surface area contributed by atoms with Crippen LogP contribution in [-0.2, 0) is 4.79 Å². The average molecular weight is 374 g/mol. The van der Waals surface area contributed by atoms with Gasteiger partial charge < -0.3 is 9.73 Å². The van der Waals surface area contributed by atoms with Gasteiger partial charge in [-0.1, -0.05) is 18.2 Å². The highest BCUT2D eigenvalue weighted by molar-refractivity contribution is 8.18. The summed E-state index contributed by atoms with van der Waals surface area (Å²) >= 11 is 0.749. The molecule has 1 aliphatic rings. The number of carbonyl (C=O) groups excluding carboxylic acids is 3. The molecule has 134 valence electrons. The predicted octanol–water partition coefficient (Wildman–Crippen LogP) is 3.19. The Balaban J connectivity index is 1.62. The number of hydrogen-bond acceptors (Lipinski definition) is 5. The molecule has 0 aliphatic carbocycles. The maximum atomic E-state index is 13.7. The monoisotopic (exact) mass is 374 g/mol. The summed E-state index contributed by atoms with van der Waals surface area (Å²) in [6.45, 7) is 1.80. The molecule has 0 unspecified atom stereocenters. The van der Waals surface area contributed by atoms with Crippen molar-refractivity contribution in [3.05, 3.63) is 64.2 Å². The SMILES string of the molecule is Cc1occc1C(=O)NCCN1C(=O)S/C(=C\c2ccccc2F)C1=O. The summed E-state index contributed by atoms with van der Waals surface area (Å²) in [5, 5.41) is 2.18. The summed E-state index contributed by atoms with van der Waals surface area (Å²) in [4.78, 5) is 37.6. The minimum atomic E-state index is -0.503. The molecule has 1 saturated heterocycles. The first-order valence-corrected chi connectivity index (χ1v) is 8.61. The Hall–Kier alpha value is -2.87. The van der Waals surface area contributed by atoms with Crippen molar-refractivity contribution in [1.82, 2.24) is 10.2 Å². The lowest BCUT2D eigenvalue weighted by Gasteiger charge is -2.12. The lowest BCUT2D eigenvalue weighted by molar-refractivity contribution is -0.122. The van der Waals surface area contributed by atoms with Gasteiger partial charge in [-0.2, -0.15) is 0 Å². The molecule has 1 fully saturated rings. The highest BCUT2D eigenvalue weighted by Gasteiger charge is 2.34. The molecule has 2 aromatic rings. The number of halogens is 1. The second kappa shape index (κ2) is 7.57. The van der Waals surface area contributed by atoms with Crippen LogP contribution in [0.4, 0.5) is 9.18 Å². The number of nitrogens with zero attached hydrogens (tertiary/aromatic N) is 1. The third kappa shape index (κ3) is 3.70. The number of rotatable bonds is 5. The molecular formula is C18H15FN2O4S. The van der Waals surface area contributed by atoms with Crippen molar-refractivity contribution >= 4 is 34.9 Å². The van der Waals surface area contributed by atoms with Crippen LogP contribution in [0.2, 0.25) is 0 Å². The largest absolute Gasteiger partial charge is 0.469 e. The summed E-state index contributed by atoms with van der Waals surface area (Å²) in [6.07, 6.45) is 2.77. The number of benzene rings is 1. The minimum absolute atomic E-state index is 0.0297. The van der Waals surface area contributed by atoms with Gasteiger partial charge in [0.25, 0.3) is 17.1 Å². The van der Waals surface area contributed by atoms with Crippen molar-refractivity contribution in [3.63, 3.8) is 0 Å². The molecule has 1 N–H and O–H groups in total. The van der Waals surface area contributed by atoms with Gasteiger partial charge in [0.1, 0.15) is 11.6 Å². The molecule has 1 aromatic carbocycles. The van der Waals surface area contributed by atoms with E-state index < -0.39 is 17.0 Å². The topological polar surface area (TPSA) is 79.6 Å². The second-order valence-electron chi connectivity index (χ2n) is 5.50. The molecule has 0 spiro atoms. The van der Waals surface area contributed by atoms with Gasteiger partial charge in [0.05, 0.1) is 16.7 Å².